The molecule has 0 fully saturated rings. The molecule has 1 heterocycles. The van der Waals surface area contributed by atoms with E-state index in [1.54, 1.807) is 7.11 Å². The Bertz CT molecular complexity index is 802. The first-order valence-electron chi connectivity index (χ1n) is 7.18. The van der Waals surface area contributed by atoms with Crippen molar-refractivity contribution in [1.29, 1.82) is 0 Å². The summed E-state index contributed by atoms with van der Waals surface area (Å²) >= 11 is 0. The van der Waals surface area contributed by atoms with E-state index in [0.29, 0.717) is 0 Å². The van der Waals surface area contributed by atoms with Crippen LogP contribution in [0.5, 0.6) is 5.75 Å². The maximum absolute atomic E-state index is 5.93. The summed E-state index contributed by atoms with van der Waals surface area (Å²) in [4.78, 5) is 0. The molecule has 0 aliphatic carbocycles. The normalized spacial score (nSPS) is 11.0. The SMILES string of the molecule is CCn1c(-c2ccc(N)c(C)c2)cc2ccc(OC)cc21. The van der Waals surface area contributed by atoms with Crippen LogP contribution >= 0.6 is 0 Å². The van der Waals surface area contributed by atoms with Crippen molar-refractivity contribution in [2.75, 3.05) is 12.8 Å². The Balaban J connectivity index is 2.24. The van der Waals surface area contributed by atoms with Gasteiger partial charge in [0.1, 0.15) is 5.75 Å². The van der Waals surface area contributed by atoms with E-state index in [9.17, 15) is 0 Å². The summed E-state index contributed by atoms with van der Waals surface area (Å²) in [7, 11) is 1.70. The summed E-state index contributed by atoms with van der Waals surface area (Å²) in [6, 6.07) is 14.6. The Kier molecular flexibility index (Phi) is 3.34. The minimum atomic E-state index is 0.833. The predicted molar refractivity (Wildman–Crippen MR) is 88.7 cm³/mol. The molecule has 1 aromatic heterocycles. The number of fused-ring (bicyclic) bond motifs is 1. The Labute approximate surface area is 125 Å². The van der Waals surface area contributed by atoms with E-state index in [1.165, 1.54) is 22.2 Å². The molecule has 0 aliphatic rings. The van der Waals surface area contributed by atoms with E-state index in [2.05, 4.69) is 41.8 Å². The molecule has 2 aromatic carbocycles. The summed E-state index contributed by atoms with van der Waals surface area (Å²) in [5.41, 5.74) is 11.5. The predicted octanol–water partition coefficient (Wildman–Crippen LogP) is 4.23. The molecule has 3 nitrogen and oxygen atoms in total. The molecule has 0 spiro atoms. The zero-order valence-electron chi connectivity index (χ0n) is 12.7. The van der Waals surface area contributed by atoms with Crippen molar-refractivity contribution in [2.45, 2.75) is 20.4 Å². The van der Waals surface area contributed by atoms with Crippen molar-refractivity contribution in [3.63, 3.8) is 0 Å². The first-order chi connectivity index (χ1) is 10.1. The number of anilines is 1. The fraction of sp³-hybridized carbons (Fsp3) is 0.222. The molecule has 21 heavy (non-hydrogen) atoms. The highest BCUT2D eigenvalue weighted by Crippen LogP contribution is 2.31. The zero-order valence-corrected chi connectivity index (χ0v) is 12.7. The lowest BCUT2D eigenvalue weighted by molar-refractivity contribution is 0.415. The highest BCUT2D eigenvalue weighted by molar-refractivity contribution is 5.88. The third kappa shape index (κ3) is 2.25. The number of rotatable bonds is 3. The van der Waals surface area contributed by atoms with Crippen LogP contribution in [0.1, 0.15) is 12.5 Å². The van der Waals surface area contributed by atoms with Crippen LogP contribution < -0.4 is 10.5 Å². The summed E-state index contributed by atoms with van der Waals surface area (Å²) in [6.45, 7) is 5.11. The fourth-order valence-electron chi connectivity index (χ4n) is 2.78. The van der Waals surface area contributed by atoms with Gasteiger partial charge in [-0.1, -0.05) is 6.07 Å². The van der Waals surface area contributed by atoms with Crippen LogP contribution in [0.4, 0.5) is 5.69 Å². The quantitative estimate of drug-likeness (QED) is 0.729. The number of nitrogens with two attached hydrogens (primary N) is 1. The van der Waals surface area contributed by atoms with Crippen LogP contribution in [0.25, 0.3) is 22.2 Å². The number of methoxy groups -OCH3 is 1. The molecule has 3 heteroatoms. The van der Waals surface area contributed by atoms with Crippen molar-refractivity contribution < 1.29 is 4.74 Å². The second-order valence-corrected chi connectivity index (χ2v) is 5.27. The summed E-state index contributed by atoms with van der Waals surface area (Å²) < 4.78 is 7.65. The fourth-order valence-corrected chi connectivity index (χ4v) is 2.78. The molecule has 0 radical (unpaired) electrons. The maximum Gasteiger partial charge on any atom is 0.120 e. The van der Waals surface area contributed by atoms with Gasteiger partial charge in [0.2, 0.25) is 0 Å². The smallest absolute Gasteiger partial charge is 0.120 e. The number of aryl methyl sites for hydroxylation is 2. The lowest BCUT2D eigenvalue weighted by Crippen LogP contribution is -1.98. The molecule has 2 N–H and O–H groups in total. The molecule has 0 saturated carbocycles. The van der Waals surface area contributed by atoms with E-state index in [1.807, 2.05) is 19.1 Å². The van der Waals surface area contributed by atoms with Gasteiger partial charge in [0.15, 0.2) is 0 Å². The third-order valence-electron chi connectivity index (χ3n) is 3.99. The van der Waals surface area contributed by atoms with Crippen LogP contribution in [0.3, 0.4) is 0 Å². The van der Waals surface area contributed by atoms with E-state index < -0.39 is 0 Å². The minimum Gasteiger partial charge on any atom is -0.497 e. The van der Waals surface area contributed by atoms with Crippen molar-refractivity contribution >= 4 is 16.6 Å². The van der Waals surface area contributed by atoms with Crippen molar-refractivity contribution in [3.05, 3.63) is 48.0 Å². The number of hydrogen-bond donors (Lipinski definition) is 1. The highest BCUT2D eigenvalue weighted by Gasteiger charge is 2.11. The first-order valence-corrected chi connectivity index (χ1v) is 7.18. The summed E-state index contributed by atoms with van der Waals surface area (Å²) in [6.07, 6.45) is 0. The molecular formula is C18H20N2O. The molecular weight excluding hydrogens is 260 g/mol. The molecule has 0 amide bonds. The zero-order chi connectivity index (χ0) is 15.0. The molecule has 0 aliphatic heterocycles. The number of nitrogens with zero attached hydrogens (tertiary/aromatic N) is 1. The lowest BCUT2D eigenvalue weighted by atomic mass is 10.1. The maximum atomic E-state index is 5.93. The summed E-state index contributed by atoms with van der Waals surface area (Å²) in [5.74, 6) is 0.885. The van der Waals surface area contributed by atoms with Gasteiger partial charge in [-0.3, -0.25) is 0 Å². The number of ether oxygens (including phenoxy) is 1. The standard InChI is InChI=1S/C18H20N2O/c1-4-20-17(13-6-8-16(19)12(2)9-13)10-14-5-7-15(21-3)11-18(14)20/h5-11H,4,19H2,1-3H3. The van der Waals surface area contributed by atoms with Gasteiger partial charge in [0, 0.05) is 29.4 Å². The Morgan fingerprint density at radius 1 is 1.10 bits per heavy atom. The second-order valence-electron chi connectivity index (χ2n) is 5.27. The van der Waals surface area contributed by atoms with E-state index in [4.69, 9.17) is 10.5 Å². The molecule has 3 aromatic rings. The van der Waals surface area contributed by atoms with Crippen molar-refractivity contribution in [3.8, 4) is 17.0 Å². The average molecular weight is 280 g/mol. The van der Waals surface area contributed by atoms with Gasteiger partial charge >= 0.3 is 0 Å². The number of hydrogen-bond acceptors (Lipinski definition) is 2. The molecule has 0 bridgehead atoms. The summed E-state index contributed by atoms with van der Waals surface area (Å²) in [5, 5.41) is 1.22. The topological polar surface area (TPSA) is 40.2 Å². The van der Waals surface area contributed by atoms with Gasteiger partial charge in [-0.15, -0.1) is 0 Å². The van der Waals surface area contributed by atoms with Gasteiger partial charge in [-0.2, -0.15) is 0 Å². The highest BCUT2D eigenvalue weighted by atomic mass is 16.5. The van der Waals surface area contributed by atoms with Crippen LogP contribution in [0.2, 0.25) is 0 Å². The van der Waals surface area contributed by atoms with E-state index >= 15 is 0 Å². The molecule has 3 rings (SSSR count). The van der Waals surface area contributed by atoms with Crippen LogP contribution in [-0.2, 0) is 6.54 Å². The molecule has 0 unspecified atom stereocenters. The van der Waals surface area contributed by atoms with E-state index in [0.717, 1.165) is 23.5 Å². The average Bonchev–Trinajstić information content (AvgIpc) is 2.87. The second kappa shape index (κ2) is 5.17. The number of nitrogen functional groups attached to an aromatic ring is 1. The minimum absolute atomic E-state index is 0.833. The Hall–Kier alpha value is -2.42. The number of benzene rings is 2. The molecule has 108 valence electrons. The monoisotopic (exact) mass is 280 g/mol. The van der Waals surface area contributed by atoms with Gasteiger partial charge in [-0.25, -0.2) is 0 Å². The van der Waals surface area contributed by atoms with Gasteiger partial charge in [0.05, 0.1) is 12.6 Å². The van der Waals surface area contributed by atoms with Crippen LogP contribution in [0, 0.1) is 6.92 Å². The van der Waals surface area contributed by atoms with Crippen LogP contribution in [0.15, 0.2) is 42.5 Å². The van der Waals surface area contributed by atoms with Gasteiger partial charge in [-0.05, 0) is 55.3 Å². The number of aromatic nitrogens is 1. The van der Waals surface area contributed by atoms with E-state index in [-0.39, 0.29) is 0 Å². The largest absolute Gasteiger partial charge is 0.497 e. The van der Waals surface area contributed by atoms with Crippen molar-refractivity contribution in [2.24, 2.45) is 0 Å². The van der Waals surface area contributed by atoms with Crippen molar-refractivity contribution in [1.82, 2.24) is 4.57 Å². The Morgan fingerprint density at radius 2 is 1.90 bits per heavy atom. The lowest BCUT2D eigenvalue weighted by Gasteiger charge is -2.10. The third-order valence-corrected chi connectivity index (χ3v) is 3.99. The molecule has 0 saturated heterocycles. The van der Waals surface area contributed by atoms with Gasteiger partial charge < -0.3 is 15.0 Å². The molecule has 0 atom stereocenters. The van der Waals surface area contributed by atoms with Crippen LogP contribution in [-0.4, -0.2) is 11.7 Å². The Morgan fingerprint density at radius 3 is 2.57 bits per heavy atom. The van der Waals surface area contributed by atoms with Gasteiger partial charge in [0.25, 0.3) is 0 Å². The first kappa shape index (κ1) is 13.6.